The topological polar surface area (TPSA) is 74.6 Å². The molecule has 0 aliphatic rings. The fraction of sp³-hybridized carbons (Fsp3) is 0.742. The lowest BCUT2D eigenvalue weighted by atomic mass is 9.66. The van der Waals surface area contributed by atoms with E-state index >= 15 is 0 Å². The Kier molecular flexibility index (Phi) is 17.3. The Bertz CT molecular complexity index is 650. The summed E-state index contributed by atoms with van der Waals surface area (Å²) < 4.78 is 0. The molecule has 0 aromatic heterocycles. The van der Waals surface area contributed by atoms with Crippen molar-refractivity contribution >= 4 is 11.9 Å². The standard InChI is InChI=1S/C31H52O4/c1-3-5-7-9-11-13-15-20-24-31(30(34)35,25-21-16-14-12-10-8-6-4-2)28(29(32)33)26-27-22-18-17-19-23-27/h17-19,22-23,28H,3-16,20-21,24-26H2,1-2H3,(H,32,33)(H,34,35). The Balaban J connectivity index is 2.82. The molecule has 4 heteroatoms. The van der Waals surface area contributed by atoms with Gasteiger partial charge in [0.25, 0.3) is 0 Å². The van der Waals surface area contributed by atoms with Gasteiger partial charge in [-0.15, -0.1) is 0 Å². The largest absolute Gasteiger partial charge is 0.481 e. The van der Waals surface area contributed by atoms with Gasteiger partial charge in [-0.1, -0.05) is 147 Å². The fourth-order valence-electron chi connectivity index (χ4n) is 5.35. The molecule has 0 fully saturated rings. The van der Waals surface area contributed by atoms with Crippen LogP contribution in [-0.4, -0.2) is 22.2 Å². The maximum atomic E-state index is 12.8. The van der Waals surface area contributed by atoms with E-state index in [1.54, 1.807) is 0 Å². The monoisotopic (exact) mass is 488 g/mol. The zero-order valence-electron chi connectivity index (χ0n) is 22.6. The first-order chi connectivity index (χ1) is 17.0. The van der Waals surface area contributed by atoms with Gasteiger partial charge in [0.05, 0.1) is 11.3 Å². The average Bonchev–Trinajstić information content (AvgIpc) is 2.85. The lowest BCUT2D eigenvalue weighted by Crippen LogP contribution is -2.44. The molecular formula is C31H52O4. The molecule has 1 atom stereocenters. The molecule has 0 heterocycles. The van der Waals surface area contributed by atoms with Crippen molar-refractivity contribution in [2.45, 2.75) is 136 Å². The van der Waals surface area contributed by atoms with Crippen LogP contribution in [0.1, 0.15) is 135 Å². The van der Waals surface area contributed by atoms with Gasteiger partial charge >= 0.3 is 11.9 Å². The second-order valence-electron chi connectivity index (χ2n) is 10.5. The second-order valence-corrected chi connectivity index (χ2v) is 10.5. The van der Waals surface area contributed by atoms with Gasteiger partial charge in [-0.05, 0) is 24.8 Å². The molecule has 1 aromatic rings. The van der Waals surface area contributed by atoms with Crippen LogP contribution < -0.4 is 0 Å². The number of rotatable bonds is 23. The molecule has 35 heavy (non-hydrogen) atoms. The van der Waals surface area contributed by atoms with Crippen molar-refractivity contribution in [2.24, 2.45) is 11.3 Å². The first-order valence-corrected chi connectivity index (χ1v) is 14.5. The summed E-state index contributed by atoms with van der Waals surface area (Å²) in [6.07, 6.45) is 19.3. The number of hydrogen-bond donors (Lipinski definition) is 2. The van der Waals surface area contributed by atoms with Gasteiger partial charge in [0, 0.05) is 0 Å². The summed E-state index contributed by atoms with van der Waals surface area (Å²) in [5, 5.41) is 20.7. The van der Waals surface area contributed by atoms with Crippen molar-refractivity contribution in [3.8, 4) is 0 Å². The van der Waals surface area contributed by atoms with E-state index in [2.05, 4.69) is 13.8 Å². The van der Waals surface area contributed by atoms with E-state index in [1.165, 1.54) is 64.2 Å². The molecule has 200 valence electrons. The third kappa shape index (κ3) is 12.6. The van der Waals surface area contributed by atoms with Crippen LogP contribution >= 0.6 is 0 Å². The SMILES string of the molecule is CCCCCCCCCCC(CCCCCCCCCC)(C(=O)O)C(Cc1ccccc1)C(=O)O. The van der Waals surface area contributed by atoms with Crippen LogP contribution in [0.5, 0.6) is 0 Å². The van der Waals surface area contributed by atoms with E-state index in [1.807, 2.05) is 30.3 Å². The molecule has 2 N–H and O–H groups in total. The van der Waals surface area contributed by atoms with E-state index in [0.29, 0.717) is 12.8 Å². The maximum absolute atomic E-state index is 12.8. The van der Waals surface area contributed by atoms with Crippen LogP contribution in [0.25, 0.3) is 0 Å². The summed E-state index contributed by atoms with van der Waals surface area (Å²) in [5.74, 6) is -2.81. The van der Waals surface area contributed by atoms with Gasteiger partial charge < -0.3 is 10.2 Å². The highest BCUT2D eigenvalue weighted by atomic mass is 16.4. The molecule has 0 saturated carbocycles. The van der Waals surface area contributed by atoms with E-state index in [-0.39, 0.29) is 6.42 Å². The van der Waals surface area contributed by atoms with Crippen molar-refractivity contribution < 1.29 is 19.8 Å². The highest BCUT2D eigenvalue weighted by molar-refractivity contribution is 5.83. The molecular weight excluding hydrogens is 436 g/mol. The summed E-state index contributed by atoms with van der Waals surface area (Å²) >= 11 is 0. The second kappa shape index (κ2) is 19.4. The molecule has 0 bridgehead atoms. The van der Waals surface area contributed by atoms with Crippen LogP contribution in [0, 0.1) is 11.3 Å². The van der Waals surface area contributed by atoms with E-state index in [9.17, 15) is 19.8 Å². The Morgan fingerprint density at radius 3 is 1.43 bits per heavy atom. The summed E-state index contributed by atoms with van der Waals surface area (Å²) in [6, 6.07) is 9.52. The Morgan fingerprint density at radius 1 is 0.657 bits per heavy atom. The predicted molar refractivity (Wildman–Crippen MR) is 146 cm³/mol. The first-order valence-electron chi connectivity index (χ1n) is 14.5. The highest BCUT2D eigenvalue weighted by Gasteiger charge is 2.48. The normalized spacial score (nSPS) is 12.5. The van der Waals surface area contributed by atoms with Crippen LogP contribution in [0.2, 0.25) is 0 Å². The van der Waals surface area contributed by atoms with Gasteiger partial charge in [-0.25, -0.2) is 0 Å². The lowest BCUT2D eigenvalue weighted by Gasteiger charge is -2.35. The van der Waals surface area contributed by atoms with Crippen molar-refractivity contribution in [2.75, 3.05) is 0 Å². The summed E-state index contributed by atoms with van der Waals surface area (Å²) in [7, 11) is 0. The number of carboxylic acid groups (broad SMARTS) is 2. The van der Waals surface area contributed by atoms with Crippen molar-refractivity contribution in [1.82, 2.24) is 0 Å². The number of unbranched alkanes of at least 4 members (excludes halogenated alkanes) is 14. The minimum absolute atomic E-state index is 0.274. The Labute approximate surface area is 214 Å². The van der Waals surface area contributed by atoms with Crippen LogP contribution in [0.4, 0.5) is 0 Å². The van der Waals surface area contributed by atoms with Crippen LogP contribution in [-0.2, 0) is 16.0 Å². The Morgan fingerprint density at radius 2 is 1.06 bits per heavy atom. The number of aliphatic carboxylic acids is 2. The number of hydrogen-bond acceptors (Lipinski definition) is 2. The van der Waals surface area contributed by atoms with Gasteiger partial charge in [-0.2, -0.15) is 0 Å². The molecule has 1 aromatic carbocycles. The molecule has 0 spiro atoms. The third-order valence-electron chi connectivity index (χ3n) is 7.63. The number of carbonyl (C=O) groups is 2. The van der Waals surface area contributed by atoms with Crippen molar-refractivity contribution in [1.29, 1.82) is 0 Å². The molecule has 4 nitrogen and oxygen atoms in total. The van der Waals surface area contributed by atoms with Gasteiger partial charge in [0.15, 0.2) is 0 Å². The minimum Gasteiger partial charge on any atom is -0.481 e. The predicted octanol–water partition coefficient (Wildman–Crippen LogP) is 9.06. The van der Waals surface area contributed by atoms with Crippen LogP contribution in [0.15, 0.2) is 30.3 Å². The van der Waals surface area contributed by atoms with Gasteiger partial charge in [-0.3, -0.25) is 9.59 Å². The third-order valence-corrected chi connectivity index (χ3v) is 7.63. The first kappa shape index (κ1) is 31.2. The molecule has 0 aliphatic carbocycles. The molecule has 0 saturated heterocycles. The highest BCUT2D eigenvalue weighted by Crippen LogP contribution is 2.42. The summed E-state index contributed by atoms with van der Waals surface area (Å²) in [4.78, 5) is 25.2. The summed E-state index contributed by atoms with van der Waals surface area (Å²) in [5.41, 5.74) is -0.302. The smallest absolute Gasteiger partial charge is 0.310 e. The van der Waals surface area contributed by atoms with Gasteiger partial charge in [0.2, 0.25) is 0 Å². The summed E-state index contributed by atoms with van der Waals surface area (Å²) in [6.45, 7) is 4.43. The molecule has 1 unspecified atom stereocenters. The number of benzene rings is 1. The zero-order chi connectivity index (χ0) is 25.8. The molecule has 0 radical (unpaired) electrons. The zero-order valence-corrected chi connectivity index (χ0v) is 22.6. The number of carboxylic acids is 2. The van der Waals surface area contributed by atoms with Gasteiger partial charge in [0.1, 0.15) is 0 Å². The van der Waals surface area contributed by atoms with Crippen molar-refractivity contribution in [3.05, 3.63) is 35.9 Å². The van der Waals surface area contributed by atoms with E-state index < -0.39 is 23.3 Å². The van der Waals surface area contributed by atoms with Crippen LogP contribution in [0.3, 0.4) is 0 Å². The van der Waals surface area contributed by atoms with E-state index in [0.717, 1.165) is 44.1 Å². The fourth-order valence-corrected chi connectivity index (χ4v) is 5.35. The lowest BCUT2D eigenvalue weighted by molar-refractivity contribution is -0.164. The molecule has 1 rings (SSSR count). The maximum Gasteiger partial charge on any atom is 0.310 e. The van der Waals surface area contributed by atoms with E-state index in [4.69, 9.17) is 0 Å². The quantitative estimate of drug-likeness (QED) is 0.151. The van der Waals surface area contributed by atoms with Crippen molar-refractivity contribution in [3.63, 3.8) is 0 Å². The molecule has 0 amide bonds. The Hall–Kier alpha value is -1.84. The molecule has 0 aliphatic heterocycles. The minimum atomic E-state index is -1.20. The average molecular weight is 489 g/mol.